The van der Waals surface area contributed by atoms with E-state index < -0.39 is 23.5 Å². The molecule has 1 aliphatic carbocycles. The summed E-state index contributed by atoms with van der Waals surface area (Å²) >= 11 is 0. The molecule has 1 aliphatic rings. The summed E-state index contributed by atoms with van der Waals surface area (Å²) in [5, 5.41) is 13.0. The van der Waals surface area contributed by atoms with Crippen LogP contribution < -0.4 is 10.1 Å². The van der Waals surface area contributed by atoms with Crippen LogP contribution in [0.5, 0.6) is 5.75 Å². The number of rotatable bonds is 9. The molecule has 8 heteroatoms. The predicted octanol–water partition coefficient (Wildman–Crippen LogP) is 3.16. The van der Waals surface area contributed by atoms with Gasteiger partial charge in [0.25, 0.3) is 5.91 Å². The first-order chi connectivity index (χ1) is 14.5. The Bertz CT molecular complexity index is 1060. The Hall–Kier alpha value is -3.39. The number of amides is 1. The van der Waals surface area contributed by atoms with Gasteiger partial charge in [0, 0.05) is 24.2 Å². The summed E-state index contributed by atoms with van der Waals surface area (Å²) in [6.45, 7) is 2.83. The molecule has 1 amide bonds. The van der Waals surface area contributed by atoms with Crippen LogP contribution in [0.1, 0.15) is 35.9 Å². The van der Waals surface area contributed by atoms with Crippen LogP contribution in [-0.2, 0) is 16.1 Å². The molecule has 0 aliphatic heterocycles. The number of aromatic nitrogens is 1. The Morgan fingerprint density at radius 1 is 1.33 bits per heavy atom. The summed E-state index contributed by atoms with van der Waals surface area (Å²) in [5.41, 5.74) is -0.116. The SMILES string of the molecule is CCCOc1ccc2oc(C(=O)NC3(C(=O)O)C[C@H]3OCc3cccnc3)cc2c1. The maximum atomic E-state index is 12.7. The molecule has 2 aromatic heterocycles. The molecule has 1 saturated carbocycles. The highest BCUT2D eigenvalue weighted by molar-refractivity contribution is 6.00. The molecule has 4 rings (SSSR count). The van der Waals surface area contributed by atoms with Gasteiger partial charge in [0.05, 0.1) is 19.3 Å². The van der Waals surface area contributed by atoms with Gasteiger partial charge in [-0.2, -0.15) is 0 Å². The van der Waals surface area contributed by atoms with E-state index >= 15 is 0 Å². The Morgan fingerprint density at radius 3 is 2.93 bits per heavy atom. The maximum Gasteiger partial charge on any atom is 0.332 e. The zero-order valence-electron chi connectivity index (χ0n) is 16.5. The van der Waals surface area contributed by atoms with E-state index in [0.29, 0.717) is 23.3 Å². The quantitative estimate of drug-likeness (QED) is 0.557. The molecule has 8 nitrogen and oxygen atoms in total. The lowest BCUT2D eigenvalue weighted by Gasteiger charge is -2.14. The van der Waals surface area contributed by atoms with Crippen molar-refractivity contribution in [2.24, 2.45) is 0 Å². The number of aliphatic carboxylic acids is 1. The van der Waals surface area contributed by atoms with Crippen molar-refractivity contribution in [3.05, 3.63) is 60.1 Å². The first-order valence-corrected chi connectivity index (χ1v) is 9.74. The van der Waals surface area contributed by atoms with Crippen molar-refractivity contribution in [1.82, 2.24) is 10.3 Å². The van der Waals surface area contributed by atoms with Crippen LogP contribution in [0.2, 0.25) is 0 Å². The molecule has 2 atom stereocenters. The highest BCUT2D eigenvalue weighted by atomic mass is 16.5. The number of ether oxygens (including phenoxy) is 2. The van der Waals surface area contributed by atoms with Crippen LogP contribution in [0.3, 0.4) is 0 Å². The molecule has 0 bridgehead atoms. The molecule has 156 valence electrons. The number of carboxylic acid groups (broad SMARTS) is 1. The number of benzene rings is 1. The van der Waals surface area contributed by atoms with Crippen molar-refractivity contribution in [3.8, 4) is 5.75 Å². The largest absolute Gasteiger partial charge is 0.494 e. The molecule has 1 unspecified atom stereocenters. The Kier molecular flexibility index (Phi) is 5.41. The van der Waals surface area contributed by atoms with Gasteiger partial charge in [-0.25, -0.2) is 4.79 Å². The van der Waals surface area contributed by atoms with Crippen LogP contribution in [0.25, 0.3) is 11.0 Å². The third-order valence-corrected chi connectivity index (χ3v) is 4.97. The third-order valence-electron chi connectivity index (χ3n) is 4.97. The van der Waals surface area contributed by atoms with Crippen LogP contribution in [0.15, 0.2) is 53.2 Å². The van der Waals surface area contributed by atoms with E-state index in [1.165, 1.54) is 0 Å². The van der Waals surface area contributed by atoms with E-state index in [0.717, 1.165) is 12.0 Å². The standard InChI is InChI=1S/C22H22N2O6/c1-2-8-28-16-5-6-17-15(9-16)10-18(30-17)20(25)24-22(21(26)27)11-19(22)29-13-14-4-3-7-23-12-14/h3-7,9-10,12,19H,2,8,11,13H2,1H3,(H,24,25)(H,26,27)/t19-,22?/m1/s1. The number of hydrogen-bond donors (Lipinski definition) is 2. The normalized spacial score (nSPS) is 20.1. The second-order valence-electron chi connectivity index (χ2n) is 7.25. The van der Waals surface area contributed by atoms with Crippen LogP contribution in [-0.4, -0.2) is 40.2 Å². The number of nitrogens with zero attached hydrogens (tertiary/aromatic N) is 1. The minimum atomic E-state index is -1.46. The van der Waals surface area contributed by atoms with Crippen molar-refractivity contribution >= 4 is 22.8 Å². The fourth-order valence-corrected chi connectivity index (χ4v) is 3.23. The molecule has 30 heavy (non-hydrogen) atoms. The lowest BCUT2D eigenvalue weighted by molar-refractivity contribution is -0.142. The molecule has 2 N–H and O–H groups in total. The molecular formula is C22H22N2O6. The highest BCUT2D eigenvalue weighted by Gasteiger charge is 2.63. The zero-order chi connectivity index (χ0) is 21.1. The van der Waals surface area contributed by atoms with Gasteiger partial charge in [-0.1, -0.05) is 13.0 Å². The first-order valence-electron chi connectivity index (χ1n) is 9.74. The van der Waals surface area contributed by atoms with Gasteiger partial charge in [0.15, 0.2) is 11.3 Å². The van der Waals surface area contributed by atoms with Crippen LogP contribution in [0, 0.1) is 0 Å². The van der Waals surface area contributed by atoms with Gasteiger partial charge in [0.1, 0.15) is 11.3 Å². The molecule has 1 fully saturated rings. The minimum absolute atomic E-state index is 0.0381. The molecule has 1 aromatic carbocycles. The van der Waals surface area contributed by atoms with Gasteiger partial charge in [-0.3, -0.25) is 9.78 Å². The summed E-state index contributed by atoms with van der Waals surface area (Å²) in [7, 11) is 0. The zero-order valence-corrected chi connectivity index (χ0v) is 16.5. The lowest BCUT2D eigenvalue weighted by atomic mass is 10.2. The average Bonchev–Trinajstić information content (AvgIpc) is 3.29. The molecule has 0 saturated heterocycles. The second kappa shape index (κ2) is 8.16. The number of furan rings is 1. The summed E-state index contributed by atoms with van der Waals surface area (Å²) in [5.74, 6) is -1.02. The Labute approximate surface area is 172 Å². The average molecular weight is 410 g/mol. The summed E-state index contributed by atoms with van der Waals surface area (Å²) in [6.07, 6.45) is 3.74. The molecule has 2 heterocycles. The van der Waals surface area contributed by atoms with E-state index in [9.17, 15) is 14.7 Å². The molecule has 0 radical (unpaired) electrons. The Morgan fingerprint density at radius 2 is 2.20 bits per heavy atom. The predicted molar refractivity (Wildman–Crippen MR) is 107 cm³/mol. The number of carbonyl (C=O) groups excluding carboxylic acids is 1. The molecular weight excluding hydrogens is 388 g/mol. The lowest BCUT2D eigenvalue weighted by Crippen LogP contribution is -2.46. The summed E-state index contributed by atoms with van der Waals surface area (Å²) in [4.78, 5) is 28.5. The number of carboxylic acids is 1. The summed E-state index contributed by atoms with van der Waals surface area (Å²) in [6, 6.07) is 10.5. The smallest absolute Gasteiger partial charge is 0.332 e. The third kappa shape index (κ3) is 3.99. The van der Waals surface area contributed by atoms with Crippen molar-refractivity contribution in [2.45, 2.75) is 38.0 Å². The van der Waals surface area contributed by atoms with E-state index in [1.54, 1.807) is 42.7 Å². The molecule has 0 spiro atoms. The van der Waals surface area contributed by atoms with Crippen molar-refractivity contribution in [2.75, 3.05) is 6.61 Å². The first kappa shape index (κ1) is 19.9. The van der Waals surface area contributed by atoms with Crippen molar-refractivity contribution in [1.29, 1.82) is 0 Å². The highest BCUT2D eigenvalue weighted by Crippen LogP contribution is 2.40. The van der Waals surface area contributed by atoms with E-state index in [-0.39, 0.29) is 18.8 Å². The fraction of sp³-hybridized carbons (Fsp3) is 0.318. The summed E-state index contributed by atoms with van der Waals surface area (Å²) < 4.78 is 16.9. The van der Waals surface area contributed by atoms with Gasteiger partial charge < -0.3 is 24.3 Å². The van der Waals surface area contributed by atoms with Gasteiger partial charge in [0.2, 0.25) is 0 Å². The maximum absolute atomic E-state index is 12.7. The topological polar surface area (TPSA) is 111 Å². The molecule has 3 aromatic rings. The van der Waals surface area contributed by atoms with E-state index in [2.05, 4.69) is 10.3 Å². The number of hydrogen-bond acceptors (Lipinski definition) is 6. The van der Waals surface area contributed by atoms with Gasteiger partial charge in [-0.05, 0) is 42.3 Å². The monoisotopic (exact) mass is 410 g/mol. The fourth-order valence-electron chi connectivity index (χ4n) is 3.23. The van der Waals surface area contributed by atoms with Gasteiger partial charge >= 0.3 is 5.97 Å². The number of nitrogens with one attached hydrogen (secondary N) is 1. The number of carbonyl (C=O) groups is 2. The number of pyridine rings is 1. The minimum Gasteiger partial charge on any atom is -0.494 e. The van der Waals surface area contributed by atoms with E-state index in [1.807, 2.05) is 13.0 Å². The van der Waals surface area contributed by atoms with Crippen molar-refractivity contribution in [3.63, 3.8) is 0 Å². The number of fused-ring (bicyclic) bond motifs is 1. The van der Waals surface area contributed by atoms with Crippen molar-refractivity contribution < 1.29 is 28.6 Å². The Balaban J connectivity index is 1.44. The van der Waals surface area contributed by atoms with Crippen LogP contribution >= 0.6 is 0 Å². The van der Waals surface area contributed by atoms with Crippen LogP contribution in [0.4, 0.5) is 0 Å². The second-order valence-corrected chi connectivity index (χ2v) is 7.25. The van der Waals surface area contributed by atoms with Gasteiger partial charge in [-0.15, -0.1) is 0 Å². The van der Waals surface area contributed by atoms with E-state index in [4.69, 9.17) is 13.9 Å².